The third-order valence-electron chi connectivity index (χ3n) is 18.7. The zero-order chi connectivity index (χ0) is 72.3. The van der Waals surface area contributed by atoms with Crippen LogP contribution in [0.15, 0.2) is 0 Å². The number of phosphoric acid groups is 2. The molecule has 6 atom stereocenters. The summed E-state index contributed by atoms with van der Waals surface area (Å²) in [6.45, 7) is 12.0. The van der Waals surface area contributed by atoms with Crippen LogP contribution in [0.3, 0.4) is 0 Å². The summed E-state index contributed by atoms with van der Waals surface area (Å²) in [4.78, 5) is 72.8. The van der Waals surface area contributed by atoms with Gasteiger partial charge in [0.1, 0.15) is 19.3 Å². The molecule has 0 aromatic rings. The average molecular weight is 1440 g/mol. The van der Waals surface area contributed by atoms with E-state index in [0.717, 1.165) is 114 Å². The van der Waals surface area contributed by atoms with Crippen molar-refractivity contribution in [3.05, 3.63) is 0 Å². The number of ether oxygens (including phenoxy) is 4. The van der Waals surface area contributed by atoms with Gasteiger partial charge >= 0.3 is 39.5 Å². The van der Waals surface area contributed by atoms with Gasteiger partial charge in [-0.15, -0.1) is 0 Å². The molecule has 0 aliphatic heterocycles. The highest BCUT2D eigenvalue weighted by molar-refractivity contribution is 7.47. The number of phosphoric ester groups is 2. The Bertz CT molecular complexity index is 1910. The van der Waals surface area contributed by atoms with Gasteiger partial charge in [-0.3, -0.25) is 37.3 Å². The number of carbonyl (C=O) groups is 4. The molecule has 3 N–H and O–H groups in total. The van der Waals surface area contributed by atoms with Gasteiger partial charge in [0.15, 0.2) is 12.2 Å². The summed E-state index contributed by atoms with van der Waals surface area (Å²) < 4.78 is 68.6. The number of rotatable bonds is 77. The monoisotopic (exact) mass is 1440 g/mol. The number of hydrogen-bond acceptors (Lipinski definition) is 15. The summed E-state index contributed by atoms with van der Waals surface area (Å²) in [6, 6.07) is 0. The Balaban J connectivity index is 5.21. The second-order valence-electron chi connectivity index (χ2n) is 29.6. The second kappa shape index (κ2) is 69.4. The van der Waals surface area contributed by atoms with E-state index >= 15 is 0 Å². The first kappa shape index (κ1) is 96.1. The average Bonchev–Trinajstić information content (AvgIpc) is 0.933. The first-order valence-corrected chi connectivity index (χ1v) is 43.9. The molecule has 0 radical (unpaired) electrons. The molecule has 0 saturated carbocycles. The number of aliphatic hydroxyl groups is 1. The van der Waals surface area contributed by atoms with Crippen LogP contribution in [-0.4, -0.2) is 96.7 Å². The minimum Gasteiger partial charge on any atom is -0.462 e. The van der Waals surface area contributed by atoms with Crippen molar-refractivity contribution < 1.29 is 80.2 Å². The van der Waals surface area contributed by atoms with Crippen LogP contribution < -0.4 is 0 Å². The van der Waals surface area contributed by atoms with E-state index in [-0.39, 0.29) is 25.7 Å². The molecular formula is C79H154O17P2. The Hall–Kier alpha value is -1.94. The zero-order valence-corrected chi connectivity index (χ0v) is 66.0. The Morgan fingerprint density at radius 1 is 0.296 bits per heavy atom. The van der Waals surface area contributed by atoms with Crippen molar-refractivity contribution in [3.63, 3.8) is 0 Å². The van der Waals surface area contributed by atoms with Gasteiger partial charge < -0.3 is 33.8 Å². The predicted octanol–water partition coefficient (Wildman–Crippen LogP) is 23.4. The first-order chi connectivity index (χ1) is 47.3. The van der Waals surface area contributed by atoms with E-state index in [1.54, 1.807) is 0 Å². The molecule has 0 aliphatic carbocycles. The molecule has 0 spiro atoms. The van der Waals surface area contributed by atoms with Gasteiger partial charge in [0.2, 0.25) is 0 Å². The second-order valence-corrected chi connectivity index (χ2v) is 32.6. The lowest BCUT2D eigenvalue weighted by atomic mass is 9.99. The molecule has 0 rings (SSSR count). The van der Waals surface area contributed by atoms with Crippen molar-refractivity contribution >= 4 is 39.5 Å². The molecule has 0 aromatic heterocycles. The van der Waals surface area contributed by atoms with Crippen LogP contribution in [-0.2, 0) is 65.4 Å². The van der Waals surface area contributed by atoms with Crippen LogP contribution in [0.25, 0.3) is 0 Å². The summed E-state index contributed by atoms with van der Waals surface area (Å²) >= 11 is 0. The van der Waals surface area contributed by atoms with Gasteiger partial charge in [-0.1, -0.05) is 357 Å². The Morgan fingerprint density at radius 2 is 0.520 bits per heavy atom. The predicted molar refractivity (Wildman–Crippen MR) is 400 cm³/mol. The third kappa shape index (κ3) is 71.1. The zero-order valence-electron chi connectivity index (χ0n) is 64.3. The van der Waals surface area contributed by atoms with Gasteiger partial charge in [-0.2, -0.15) is 0 Å². The van der Waals surface area contributed by atoms with Crippen LogP contribution >= 0.6 is 15.6 Å². The molecule has 98 heavy (non-hydrogen) atoms. The van der Waals surface area contributed by atoms with Gasteiger partial charge in [-0.25, -0.2) is 9.13 Å². The van der Waals surface area contributed by atoms with Crippen LogP contribution in [0.5, 0.6) is 0 Å². The van der Waals surface area contributed by atoms with Crippen molar-refractivity contribution in [1.82, 2.24) is 0 Å². The lowest BCUT2D eigenvalue weighted by Crippen LogP contribution is -2.30. The molecule has 0 saturated heterocycles. The fraction of sp³-hybridized carbons (Fsp3) is 0.949. The minimum atomic E-state index is -4.96. The van der Waals surface area contributed by atoms with E-state index in [2.05, 4.69) is 48.5 Å². The van der Waals surface area contributed by atoms with Crippen molar-refractivity contribution in [2.45, 2.75) is 426 Å². The van der Waals surface area contributed by atoms with E-state index in [0.29, 0.717) is 25.7 Å². The molecular weight excluding hydrogens is 1280 g/mol. The smallest absolute Gasteiger partial charge is 0.462 e. The number of aliphatic hydroxyl groups excluding tert-OH is 1. The number of unbranched alkanes of at least 4 members (excludes halogenated alkanes) is 44. The maximum Gasteiger partial charge on any atom is 0.472 e. The summed E-state index contributed by atoms with van der Waals surface area (Å²) in [7, 11) is -9.91. The van der Waals surface area contributed by atoms with E-state index in [1.165, 1.54) is 212 Å². The minimum absolute atomic E-state index is 0.106. The maximum atomic E-state index is 13.1. The molecule has 3 unspecified atom stereocenters. The number of hydrogen-bond donors (Lipinski definition) is 3. The van der Waals surface area contributed by atoms with E-state index in [4.69, 9.17) is 37.0 Å². The first-order valence-electron chi connectivity index (χ1n) is 40.9. The SMILES string of the molecule is CCCCCCCCCCC(=O)OC[C@H](COP(=O)(O)OC[C@H](O)COP(=O)(O)OC[C@@H](COC(=O)CCCCCCCCCCCCCCCCC(C)CC)OC(=O)CCCCCCCCCCCCCCCCCCC(C)C)OC(=O)CCCCCCCCCCCCC(C)C. The lowest BCUT2D eigenvalue weighted by Gasteiger charge is -2.21. The van der Waals surface area contributed by atoms with Crippen molar-refractivity contribution in [3.8, 4) is 0 Å². The summed E-state index contributed by atoms with van der Waals surface area (Å²) in [6.07, 6.45) is 56.9. The van der Waals surface area contributed by atoms with Crippen molar-refractivity contribution in [1.29, 1.82) is 0 Å². The Morgan fingerprint density at radius 3 is 0.776 bits per heavy atom. The van der Waals surface area contributed by atoms with Crippen LogP contribution in [0.2, 0.25) is 0 Å². The lowest BCUT2D eigenvalue weighted by molar-refractivity contribution is -0.161. The number of esters is 4. The maximum absolute atomic E-state index is 13.1. The van der Waals surface area contributed by atoms with Gasteiger partial charge in [0, 0.05) is 25.7 Å². The van der Waals surface area contributed by atoms with E-state index in [9.17, 15) is 43.2 Å². The third-order valence-corrected chi connectivity index (χ3v) is 20.6. The van der Waals surface area contributed by atoms with Crippen LogP contribution in [0.1, 0.15) is 408 Å². The molecule has 0 amide bonds. The summed E-state index contributed by atoms with van der Waals surface area (Å²) in [5.41, 5.74) is 0. The van der Waals surface area contributed by atoms with Crippen LogP contribution in [0.4, 0.5) is 0 Å². The number of carbonyl (C=O) groups excluding carboxylic acids is 4. The molecule has 0 aliphatic rings. The van der Waals surface area contributed by atoms with Crippen LogP contribution in [0, 0.1) is 17.8 Å². The molecule has 17 nitrogen and oxygen atoms in total. The molecule has 0 aromatic carbocycles. The molecule has 0 heterocycles. The standard InChI is InChI=1S/C79H154O17P2/c1-8-10-11-12-13-39-46-53-60-76(81)89-66-74(95-79(84)63-56-49-42-35-29-28-31-37-44-51-58-71(5)6)68-93-97(85,86)91-64-73(80)65-92-98(87,88)94-69-75(67-90-77(82)61-54-47-40-33-26-22-19-18-21-25-32-38-45-52-59-72(7)9-2)96-78(83)62-55-48-41-34-27-23-17-15-14-16-20-24-30-36-43-50-57-70(3)4/h70-75,80H,8-69H2,1-7H3,(H,85,86)(H,87,88)/t72?,73-,74+,75+/m0/s1. The van der Waals surface area contributed by atoms with E-state index < -0.39 is 97.5 Å². The summed E-state index contributed by atoms with van der Waals surface area (Å²) in [5.74, 6) is 0.295. The highest BCUT2D eigenvalue weighted by Gasteiger charge is 2.30. The molecule has 19 heteroatoms. The fourth-order valence-corrected chi connectivity index (χ4v) is 13.7. The molecule has 582 valence electrons. The largest absolute Gasteiger partial charge is 0.472 e. The van der Waals surface area contributed by atoms with Gasteiger partial charge in [-0.05, 0) is 43.4 Å². The Kier molecular flexibility index (Phi) is 68.1. The highest BCUT2D eigenvalue weighted by Crippen LogP contribution is 2.45. The highest BCUT2D eigenvalue weighted by atomic mass is 31.2. The van der Waals surface area contributed by atoms with Crippen molar-refractivity contribution in [2.75, 3.05) is 39.6 Å². The van der Waals surface area contributed by atoms with Gasteiger partial charge in [0.25, 0.3) is 0 Å². The van der Waals surface area contributed by atoms with E-state index in [1.807, 2.05) is 0 Å². The van der Waals surface area contributed by atoms with Crippen molar-refractivity contribution in [2.24, 2.45) is 17.8 Å². The quantitative estimate of drug-likeness (QED) is 0.0222. The fourth-order valence-electron chi connectivity index (χ4n) is 12.1. The van der Waals surface area contributed by atoms with Gasteiger partial charge in [0.05, 0.1) is 26.4 Å². The molecule has 0 fully saturated rings. The Labute approximate surface area is 600 Å². The molecule has 0 bridgehead atoms. The normalized spacial score (nSPS) is 14.3. The summed E-state index contributed by atoms with van der Waals surface area (Å²) in [5, 5.41) is 10.6. The topological polar surface area (TPSA) is 237 Å².